The molecule has 4 rings (SSSR count). The van der Waals surface area contributed by atoms with Crippen molar-refractivity contribution in [3.05, 3.63) is 40.7 Å². The highest BCUT2D eigenvalue weighted by Gasteiger charge is 2.44. The highest BCUT2D eigenvalue weighted by molar-refractivity contribution is 7.09. The van der Waals surface area contributed by atoms with Crippen molar-refractivity contribution >= 4 is 11.3 Å². The number of methoxy groups -OCH3 is 1. The van der Waals surface area contributed by atoms with Crippen LogP contribution in [0.2, 0.25) is 0 Å². The third-order valence-corrected chi connectivity index (χ3v) is 5.90. The normalized spacial score (nSPS) is 29.0. The van der Waals surface area contributed by atoms with Crippen LogP contribution in [0, 0.1) is 5.92 Å². The number of fused-ring (bicyclic) bond motifs is 1. The molecule has 0 radical (unpaired) electrons. The molecule has 23 heavy (non-hydrogen) atoms. The minimum absolute atomic E-state index is 0.370. The first-order valence-electron chi connectivity index (χ1n) is 8.23. The van der Waals surface area contributed by atoms with Crippen LogP contribution in [-0.2, 0) is 17.8 Å². The molecule has 0 unspecified atom stereocenters. The molecule has 5 nitrogen and oxygen atoms in total. The zero-order valence-electron chi connectivity index (χ0n) is 13.4. The van der Waals surface area contributed by atoms with E-state index in [1.165, 1.54) is 5.01 Å². The molecule has 2 aromatic heterocycles. The fourth-order valence-corrected chi connectivity index (χ4v) is 4.71. The fourth-order valence-electron chi connectivity index (χ4n) is 4.06. The summed E-state index contributed by atoms with van der Waals surface area (Å²) in [7, 11) is 1.85. The van der Waals surface area contributed by atoms with Gasteiger partial charge in [0.15, 0.2) is 0 Å². The number of hydrogen-bond donors (Lipinski definition) is 0. The second-order valence-corrected chi connectivity index (χ2v) is 7.44. The van der Waals surface area contributed by atoms with Gasteiger partial charge in [0.1, 0.15) is 10.8 Å². The van der Waals surface area contributed by atoms with Crippen molar-refractivity contribution in [1.29, 1.82) is 0 Å². The first-order valence-corrected chi connectivity index (χ1v) is 9.11. The van der Waals surface area contributed by atoms with Crippen molar-refractivity contribution in [2.75, 3.05) is 26.7 Å². The predicted molar refractivity (Wildman–Crippen MR) is 89.2 cm³/mol. The minimum Gasteiger partial charge on any atom is -0.468 e. The van der Waals surface area contributed by atoms with Crippen LogP contribution < -0.4 is 0 Å². The van der Waals surface area contributed by atoms with E-state index in [4.69, 9.17) is 9.15 Å². The molecule has 3 atom stereocenters. The number of thiazole rings is 1. The summed E-state index contributed by atoms with van der Waals surface area (Å²) in [5.41, 5.74) is 0. The molecule has 0 bridgehead atoms. The van der Waals surface area contributed by atoms with Crippen LogP contribution in [0.25, 0.3) is 0 Å². The molecule has 0 amide bonds. The van der Waals surface area contributed by atoms with Gasteiger partial charge in [0, 0.05) is 50.3 Å². The van der Waals surface area contributed by atoms with Crippen LogP contribution in [0.3, 0.4) is 0 Å². The van der Waals surface area contributed by atoms with E-state index in [0.29, 0.717) is 18.1 Å². The molecule has 124 valence electrons. The van der Waals surface area contributed by atoms with Crippen LogP contribution in [0.4, 0.5) is 0 Å². The van der Waals surface area contributed by atoms with Crippen LogP contribution in [-0.4, -0.2) is 53.7 Å². The molecule has 0 aliphatic carbocycles. The van der Waals surface area contributed by atoms with Gasteiger partial charge < -0.3 is 9.15 Å². The summed E-state index contributed by atoms with van der Waals surface area (Å²) in [6.45, 7) is 5.11. The Morgan fingerprint density at radius 3 is 3.09 bits per heavy atom. The third kappa shape index (κ3) is 3.21. The van der Waals surface area contributed by atoms with E-state index in [-0.39, 0.29) is 0 Å². The van der Waals surface area contributed by atoms with Crippen LogP contribution in [0.15, 0.2) is 34.4 Å². The molecule has 0 N–H and O–H groups in total. The van der Waals surface area contributed by atoms with Gasteiger partial charge in [0.2, 0.25) is 0 Å². The summed E-state index contributed by atoms with van der Waals surface area (Å²) < 4.78 is 11.3. The summed E-state index contributed by atoms with van der Waals surface area (Å²) >= 11 is 1.75. The van der Waals surface area contributed by atoms with Crippen LogP contribution in [0.5, 0.6) is 0 Å². The number of furan rings is 1. The maximum Gasteiger partial charge on any atom is 0.117 e. The van der Waals surface area contributed by atoms with E-state index >= 15 is 0 Å². The number of piperidine rings is 1. The lowest BCUT2D eigenvalue weighted by molar-refractivity contribution is -0.0245. The summed E-state index contributed by atoms with van der Waals surface area (Å²) in [5.74, 6) is 1.62. The molecule has 2 aromatic rings. The summed E-state index contributed by atoms with van der Waals surface area (Å²) in [6, 6.07) is 4.57. The molecule has 2 aliphatic heterocycles. The lowest BCUT2D eigenvalue weighted by Gasteiger charge is -2.40. The first-order chi connectivity index (χ1) is 11.3. The Morgan fingerprint density at radius 1 is 1.39 bits per heavy atom. The summed E-state index contributed by atoms with van der Waals surface area (Å²) in [6.07, 6.45) is 5.13. The van der Waals surface area contributed by atoms with E-state index in [0.717, 1.165) is 44.9 Å². The molecular weight excluding hydrogens is 310 g/mol. The van der Waals surface area contributed by atoms with Gasteiger partial charge in [-0.25, -0.2) is 4.98 Å². The molecule has 2 saturated heterocycles. The van der Waals surface area contributed by atoms with Gasteiger partial charge in [-0.1, -0.05) is 0 Å². The van der Waals surface area contributed by atoms with Crippen molar-refractivity contribution in [3.63, 3.8) is 0 Å². The number of ether oxygens (including phenoxy) is 1. The van der Waals surface area contributed by atoms with Gasteiger partial charge in [-0.15, -0.1) is 11.3 Å². The number of nitrogens with zero attached hydrogens (tertiary/aromatic N) is 3. The van der Waals surface area contributed by atoms with Crippen molar-refractivity contribution in [2.24, 2.45) is 5.92 Å². The van der Waals surface area contributed by atoms with Crippen molar-refractivity contribution in [3.8, 4) is 0 Å². The number of likely N-dealkylation sites (tertiary alicyclic amines) is 2. The van der Waals surface area contributed by atoms with Gasteiger partial charge >= 0.3 is 0 Å². The van der Waals surface area contributed by atoms with Gasteiger partial charge in [-0.3, -0.25) is 9.80 Å². The molecule has 2 aliphatic rings. The van der Waals surface area contributed by atoms with Crippen LogP contribution >= 0.6 is 11.3 Å². The highest BCUT2D eigenvalue weighted by atomic mass is 32.1. The molecule has 2 fully saturated rings. The summed E-state index contributed by atoms with van der Waals surface area (Å²) in [4.78, 5) is 9.56. The standard InChI is InChI=1S/C17H23N3O2S/c1-21-16-4-6-20(12-17-18-5-8-23-17)15-11-19(10-14(15)16)9-13-3-2-7-22-13/h2-3,5,7-8,14-16H,4,6,9-12H2,1H3/t14-,15+,16-/m0/s1. The Labute approximate surface area is 140 Å². The van der Waals surface area contributed by atoms with E-state index < -0.39 is 0 Å². The number of rotatable bonds is 5. The molecule has 0 spiro atoms. The molecular formula is C17H23N3O2S. The maximum absolute atomic E-state index is 5.78. The highest BCUT2D eigenvalue weighted by Crippen LogP contribution is 2.34. The number of aromatic nitrogens is 1. The topological polar surface area (TPSA) is 41.7 Å². The van der Waals surface area contributed by atoms with E-state index in [2.05, 4.69) is 26.2 Å². The average Bonchev–Trinajstić information content (AvgIpc) is 3.29. The molecule has 0 saturated carbocycles. The third-order valence-electron chi connectivity index (χ3n) is 5.14. The first kappa shape index (κ1) is 15.3. The SMILES string of the molecule is CO[C@H]1CCN(Cc2nccs2)[C@@H]2CN(Cc3ccco3)C[C@H]12. The van der Waals surface area contributed by atoms with E-state index in [1.54, 1.807) is 17.6 Å². The molecule has 4 heterocycles. The Kier molecular flexibility index (Phi) is 4.48. The van der Waals surface area contributed by atoms with Gasteiger partial charge in [0.25, 0.3) is 0 Å². The van der Waals surface area contributed by atoms with Gasteiger partial charge in [0.05, 0.1) is 25.5 Å². The van der Waals surface area contributed by atoms with Gasteiger partial charge in [-0.2, -0.15) is 0 Å². The molecule has 6 heteroatoms. The van der Waals surface area contributed by atoms with E-state index in [9.17, 15) is 0 Å². The smallest absolute Gasteiger partial charge is 0.117 e. The zero-order chi connectivity index (χ0) is 15.6. The van der Waals surface area contributed by atoms with Gasteiger partial charge in [-0.05, 0) is 18.6 Å². The van der Waals surface area contributed by atoms with Crippen molar-refractivity contribution in [1.82, 2.24) is 14.8 Å². The van der Waals surface area contributed by atoms with Crippen molar-refractivity contribution < 1.29 is 9.15 Å². The second-order valence-electron chi connectivity index (χ2n) is 6.46. The Balaban J connectivity index is 1.47. The monoisotopic (exact) mass is 333 g/mol. The summed E-state index contributed by atoms with van der Waals surface area (Å²) in [5, 5.41) is 3.27. The van der Waals surface area contributed by atoms with Crippen LogP contribution in [0.1, 0.15) is 17.2 Å². The minimum atomic E-state index is 0.370. The Morgan fingerprint density at radius 2 is 2.35 bits per heavy atom. The Bertz CT molecular complexity index is 601. The largest absolute Gasteiger partial charge is 0.468 e. The fraction of sp³-hybridized carbons (Fsp3) is 0.588. The zero-order valence-corrected chi connectivity index (χ0v) is 14.2. The Hall–Kier alpha value is -1.21. The second kappa shape index (κ2) is 6.73. The van der Waals surface area contributed by atoms with Crippen molar-refractivity contribution in [2.45, 2.75) is 31.7 Å². The average molecular weight is 333 g/mol. The molecule has 0 aromatic carbocycles. The van der Waals surface area contributed by atoms with E-state index in [1.807, 2.05) is 19.4 Å². The predicted octanol–water partition coefficient (Wildman–Crippen LogP) is 2.46. The lowest BCUT2D eigenvalue weighted by Crippen LogP contribution is -2.50. The number of hydrogen-bond acceptors (Lipinski definition) is 6. The maximum atomic E-state index is 5.78. The lowest BCUT2D eigenvalue weighted by atomic mass is 9.89. The quantitative estimate of drug-likeness (QED) is 0.841.